The van der Waals surface area contributed by atoms with E-state index in [2.05, 4.69) is 40.9 Å². The zero-order valence-corrected chi connectivity index (χ0v) is 14.0. The van der Waals surface area contributed by atoms with Crippen LogP contribution in [0.1, 0.15) is 66.2 Å². The van der Waals surface area contributed by atoms with Gasteiger partial charge in [-0.25, -0.2) is 0 Å². The highest BCUT2D eigenvalue weighted by molar-refractivity contribution is 5.75. The fourth-order valence-electron chi connectivity index (χ4n) is 5.47. The maximum atomic E-state index is 4.13. The van der Waals surface area contributed by atoms with Crippen molar-refractivity contribution in [3.05, 3.63) is 24.3 Å². The minimum atomic E-state index is 0. The molecule has 1 heteroatoms. The van der Waals surface area contributed by atoms with Crippen molar-refractivity contribution in [3.63, 3.8) is 0 Å². The molecule has 0 heterocycles. The Labute approximate surface area is 134 Å². The Morgan fingerprint density at radius 2 is 1.10 bits per heavy atom. The van der Waals surface area contributed by atoms with Crippen molar-refractivity contribution in [3.8, 4) is 0 Å². The Kier molecular flexibility index (Phi) is 4.28. The first kappa shape index (κ1) is 16.9. The Morgan fingerprint density at radius 3 is 1.24 bits per heavy atom. The van der Waals surface area contributed by atoms with Crippen LogP contribution in [0, 0.1) is 34.5 Å². The average Bonchev–Trinajstić information content (AvgIpc) is 2.38. The van der Waals surface area contributed by atoms with Crippen LogP contribution >= 0.6 is 0 Å². The summed E-state index contributed by atoms with van der Waals surface area (Å²) in [5.74, 6) is 3.77. The number of hydrogen-bond acceptors (Lipinski definition) is 0. The minimum absolute atomic E-state index is 0. The molecule has 4 bridgehead atoms. The van der Waals surface area contributed by atoms with Crippen LogP contribution in [-0.4, -0.2) is 8.41 Å². The van der Waals surface area contributed by atoms with E-state index >= 15 is 0 Å². The molecular weight excluding hydrogens is 251 g/mol. The van der Waals surface area contributed by atoms with E-state index in [1.54, 1.807) is 0 Å². The van der Waals surface area contributed by atoms with Gasteiger partial charge in [0.25, 0.3) is 0 Å². The van der Waals surface area contributed by atoms with Gasteiger partial charge in [-0.1, -0.05) is 52.0 Å². The van der Waals surface area contributed by atoms with Crippen LogP contribution in [-0.2, 0) is 0 Å². The third-order valence-electron chi connectivity index (χ3n) is 7.55. The van der Waals surface area contributed by atoms with E-state index in [0.717, 1.165) is 23.7 Å². The largest absolute Gasteiger partial charge is 0.0996 e. The monoisotopic (exact) mass is 286 g/mol. The molecule has 0 saturated heterocycles. The predicted molar refractivity (Wildman–Crippen MR) is 97.4 cm³/mol. The van der Waals surface area contributed by atoms with Gasteiger partial charge in [0, 0.05) is 0 Å². The van der Waals surface area contributed by atoms with Crippen LogP contribution in [0.5, 0.6) is 0 Å². The van der Waals surface area contributed by atoms with Gasteiger partial charge in [0.2, 0.25) is 0 Å². The molecule has 0 aromatic rings. The summed E-state index contributed by atoms with van der Waals surface area (Å²) in [5, 5.41) is 0. The van der Waals surface area contributed by atoms with E-state index < -0.39 is 0 Å². The normalized spacial score (nSPS) is 40.8. The minimum Gasteiger partial charge on any atom is -0.0996 e. The lowest BCUT2D eigenvalue weighted by Gasteiger charge is -2.57. The first-order valence-electron chi connectivity index (χ1n) is 8.60. The van der Waals surface area contributed by atoms with Crippen molar-refractivity contribution in [1.82, 2.24) is 0 Å². The van der Waals surface area contributed by atoms with Crippen LogP contribution in [0.3, 0.4) is 0 Å². The van der Waals surface area contributed by atoms with E-state index in [-0.39, 0.29) is 8.41 Å². The zero-order valence-electron chi connectivity index (χ0n) is 14.0. The Morgan fingerprint density at radius 1 is 0.762 bits per heavy atom. The predicted octanol–water partition coefficient (Wildman–Crippen LogP) is 4.81. The van der Waals surface area contributed by atoms with Gasteiger partial charge in [-0.15, -0.1) is 0 Å². The molecule has 0 radical (unpaired) electrons. The molecule has 0 amide bonds. The maximum absolute atomic E-state index is 4.13. The van der Waals surface area contributed by atoms with Crippen LogP contribution in [0.4, 0.5) is 0 Å². The summed E-state index contributed by atoms with van der Waals surface area (Å²) in [6, 6.07) is 0. The van der Waals surface area contributed by atoms with Crippen molar-refractivity contribution in [2.45, 2.75) is 66.2 Å². The van der Waals surface area contributed by atoms with Gasteiger partial charge in [0.15, 0.2) is 0 Å². The van der Waals surface area contributed by atoms with E-state index in [4.69, 9.17) is 0 Å². The second-order valence-corrected chi connectivity index (χ2v) is 9.01. The summed E-state index contributed by atoms with van der Waals surface area (Å²) in [7, 11) is 0. The summed E-state index contributed by atoms with van der Waals surface area (Å²) >= 11 is 0. The molecule has 0 nitrogen and oxygen atoms in total. The lowest BCUT2D eigenvalue weighted by Crippen LogP contribution is -2.48. The van der Waals surface area contributed by atoms with Crippen molar-refractivity contribution in [2.75, 3.05) is 0 Å². The highest BCUT2D eigenvalue weighted by Crippen LogP contribution is 2.61. The molecule has 4 atom stereocenters. The van der Waals surface area contributed by atoms with Crippen molar-refractivity contribution in [2.24, 2.45) is 34.5 Å². The second-order valence-electron chi connectivity index (χ2n) is 9.01. The van der Waals surface area contributed by atoms with E-state index in [0.29, 0.717) is 10.8 Å². The van der Waals surface area contributed by atoms with Gasteiger partial charge < -0.3 is 0 Å². The number of hydrogen-bond donors (Lipinski definition) is 0. The highest BCUT2D eigenvalue weighted by Gasteiger charge is 2.52. The van der Waals surface area contributed by atoms with Crippen LogP contribution in [0.25, 0.3) is 0 Å². The topological polar surface area (TPSA) is 0 Å². The number of allylic oxidation sites excluding steroid dienone is 2. The Bertz CT molecular complexity index is 397. The zero-order chi connectivity index (χ0) is 14.7. The summed E-state index contributed by atoms with van der Waals surface area (Å²) < 4.78 is 0. The molecular formula is C20H35B. The third kappa shape index (κ3) is 2.45. The van der Waals surface area contributed by atoms with Crippen molar-refractivity contribution in [1.29, 1.82) is 0 Å². The smallest absolute Gasteiger partial charge is 0.0814 e. The van der Waals surface area contributed by atoms with Crippen LogP contribution in [0.15, 0.2) is 24.3 Å². The summed E-state index contributed by atoms with van der Waals surface area (Å²) in [5.41, 5.74) is 4.25. The summed E-state index contributed by atoms with van der Waals surface area (Å²) in [6.45, 7) is 17.9. The summed E-state index contributed by atoms with van der Waals surface area (Å²) in [4.78, 5) is 0. The first-order valence-corrected chi connectivity index (χ1v) is 8.60. The molecule has 0 aliphatic heterocycles. The Balaban J connectivity index is 0.000000147. The molecule has 0 aromatic heterocycles. The fourth-order valence-corrected chi connectivity index (χ4v) is 5.47. The fraction of sp³-hybridized carbons (Fsp3) is 0.800. The van der Waals surface area contributed by atoms with Crippen LogP contribution < -0.4 is 0 Å². The Hall–Kier alpha value is -0.455. The van der Waals surface area contributed by atoms with Crippen molar-refractivity contribution < 1.29 is 0 Å². The molecule has 21 heavy (non-hydrogen) atoms. The lowest BCUT2D eigenvalue weighted by atomic mass is 9.47. The molecule has 6 aliphatic carbocycles. The molecule has 0 N–H and O–H groups in total. The quantitative estimate of drug-likeness (QED) is 0.442. The van der Waals surface area contributed by atoms with Gasteiger partial charge in [0.1, 0.15) is 0 Å². The first-order chi connectivity index (χ1) is 9.24. The molecule has 6 rings (SSSR count). The van der Waals surface area contributed by atoms with E-state index in [9.17, 15) is 0 Å². The summed E-state index contributed by atoms with van der Waals surface area (Å²) in [6.07, 6.45) is 8.29. The molecule has 0 aromatic carbocycles. The SMILES string of the molecule is B.C=C1CCC2CC1C2(C)C.C=C1CCC2C[C@@H]1C2(C)C. The average molecular weight is 286 g/mol. The lowest BCUT2D eigenvalue weighted by molar-refractivity contribution is -0.0273. The molecule has 3 unspecified atom stereocenters. The van der Waals surface area contributed by atoms with E-state index in [1.165, 1.54) is 49.7 Å². The molecule has 6 saturated carbocycles. The molecule has 0 spiro atoms. The molecule has 118 valence electrons. The third-order valence-corrected chi connectivity index (χ3v) is 7.55. The highest BCUT2D eigenvalue weighted by atomic mass is 14.6. The van der Waals surface area contributed by atoms with Gasteiger partial charge in [-0.2, -0.15) is 0 Å². The molecule has 6 fully saturated rings. The maximum Gasteiger partial charge on any atom is 0.0814 e. The van der Waals surface area contributed by atoms with E-state index in [1.807, 2.05) is 0 Å². The van der Waals surface area contributed by atoms with Crippen LogP contribution in [0.2, 0.25) is 0 Å². The standard InChI is InChI=1S/2C10H16.BH3/c2*1-7-4-5-8-6-9(7)10(8,2)3;/h2*8-9H,1,4-6H2,2-3H3;1H3/t8?,9-;;/m0../s1. The second kappa shape index (κ2) is 5.32. The molecule has 6 aliphatic rings. The van der Waals surface area contributed by atoms with Crippen molar-refractivity contribution >= 4 is 8.41 Å². The van der Waals surface area contributed by atoms with Gasteiger partial charge >= 0.3 is 0 Å². The van der Waals surface area contributed by atoms with Gasteiger partial charge in [-0.05, 0) is 73.0 Å². The van der Waals surface area contributed by atoms with Gasteiger partial charge in [-0.3, -0.25) is 0 Å². The number of rotatable bonds is 0. The van der Waals surface area contributed by atoms with Gasteiger partial charge in [0.05, 0.1) is 8.41 Å². The number of fused-ring (bicyclic) bond motifs is 4.